The van der Waals surface area contributed by atoms with Gasteiger partial charge < -0.3 is 14.8 Å². The summed E-state index contributed by atoms with van der Waals surface area (Å²) in [6, 6.07) is 13.0. The van der Waals surface area contributed by atoms with Crippen molar-refractivity contribution in [2.45, 2.75) is 25.9 Å². The van der Waals surface area contributed by atoms with Crippen LogP contribution in [0.1, 0.15) is 17.5 Å². The van der Waals surface area contributed by atoms with Crippen LogP contribution in [0, 0.1) is 6.92 Å². The van der Waals surface area contributed by atoms with E-state index in [1.807, 2.05) is 37.3 Å². The smallest absolute Gasteiger partial charge is 0.263 e. The minimum absolute atomic E-state index is 0.0480. The molecular formula is C21H26N2O5S. The molecule has 0 aliphatic carbocycles. The number of para-hydroxylation sites is 1. The molecule has 2 aromatic rings. The Kier molecular flexibility index (Phi) is 6.32. The van der Waals surface area contributed by atoms with Crippen molar-refractivity contribution in [1.29, 1.82) is 0 Å². The van der Waals surface area contributed by atoms with E-state index in [1.54, 1.807) is 19.2 Å². The molecule has 0 radical (unpaired) electrons. The van der Waals surface area contributed by atoms with E-state index < -0.39 is 16.1 Å². The summed E-state index contributed by atoms with van der Waals surface area (Å²) in [6.07, 6.45) is 1.72. The second-order valence-corrected chi connectivity index (χ2v) is 8.99. The molecule has 3 rings (SSSR count). The quantitative estimate of drug-likeness (QED) is 0.698. The van der Waals surface area contributed by atoms with Crippen molar-refractivity contribution in [3.8, 4) is 11.5 Å². The van der Waals surface area contributed by atoms with Gasteiger partial charge in [0.2, 0.25) is 10.0 Å². The first-order valence-corrected chi connectivity index (χ1v) is 11.3. The van der Waals surface area contributed by atoms with Gasteiger partial charge in [-0.1, -0.05) is 24.3 Å². The molecule has 0 saturated heterocycles. The van der Waals surface area contributed by atoms with Crippen LogP contribution < -0.4 is 19.1 Å². The Morgan fingerprint density at radius 3 is 2.76 bits per heavy atom. The van der Waals surface area contributed by atoms with Crippen molar-refractivity contribution in [2.24, 2.45) is 0 Å². The van der Waals surface area contributed by atoms with Gasteiger partial charge in [0.1, 0.15) is 11.5 Å². The number of methoxy groups -OCH3 is 1. The molecule has 1 N–H and O–H groups in total. The van der Waals surface area contributed by atoms with Gasteiger partial charge in [0.15, 0.2) is 6.10 Å². The normalized spacial score (nSPS) is 16.0. The summed E-state index contributed by atoms with van der Waals surface area (Å²) in [5.41, 5.74) is 2.46. The molecule has 7 nitrogen and oxygen atoms in total. The number of anilines is 1. The summed E-state index contributed by atoms with van der Waals surface area (Å²) in [7, 11) is -1.90. The van der Waals surface area contributed by atoms with E-state index in [0.717, 1.165) is 36.0 Å². The maximum Gasteiger partial charge on any atom is 0.263 e. The highest BCUT2D eigenvalue weighted by atomic mass is 32.2. The molecular weight excluding hydrogens is 392 g/mol. The number of carbonyl (C=O) groups excluding carboxylic acids is 1. The molecule has 1 amide bonds. The molecule has 1 aliphatic heterocycles. The Balaban J connectivity index is 1.62. The Morgan fingerprint density at radius 2 is 2.03 bits per heavy atom. The molecule has 0 aromatic heterocycles. The highest BCUT2D eigenvalue weighted by Crippen LogP contribution is 2.35. The van der Waals surface area contributed by atoms with Gasteiger partial charge in [0, 0.05) is 6.54 Å². The van der Waals surface area contributed by atoms with Crippen molar-refractivity contribution in [1.82, 2.24) is 5.32 Å². The van der Waals surface area contributed by atoms with Crippen LogP contribution in [-0.4, -0.2) is 46.9 Å². The van der Waals surface area contributed by atoms with Gasteiger partial charge in [0.05, 0.1) is 25.6 Å². The average Bonchev–Trinajstić information content (AvgIpc) is 2.69. The van der Waals surface area contributed by atoms with Gasteiger partial charge in [-0.3, -0.25) is 9.10 Å². The fourth-order valence-electron chi connectivity index (χ4n) is 3.33. The van der Waals surface area contributed by atoms with Crippen LogP contribution in [0.4, 0.5) is 5.69 Å². The number of amides is 1. The number of fused-ring (bicyclic) bond motifs is 1. The van der Waals surface area contributed by atoms with Crippen LogP contribution in [0.25, 0.3) is 0 Å². The number of ether oxygens (including phenoxy) is 2. The lowest BCUT2D eigenvalue weighted by Crippen LogP contribution is -2.50. The van der Waals surface area contributed by atoms with E-state index in [2.05, 4.69) is 5.32 Å². The molecule has 0 saturated carbocycles. The highest BCUT2D eigenvalue weighted by Gasteiger charge is 2.34. The van der Waals surface area contributed by atoms with Gasteiger partial charge in [0.25, 0.3) is 5.91 Å². The minimum atomic E-state index is -3.53. The maximum atomic E-state index is 12.6. The van der Waals surface area contributed by atoms with Crippen molar-refractivity contribution in [3.63, 3.8) is 0 Å². The largest absolute Gasteiger partial charge is 0.496 e. The van der Waals surface area contributed by atoms with Gasteiger partial charge in [-0.25, -0.2) is 8.42 Å². The number of aryl methyl sites for hydroxylation is 2. The van der Waals surface area contributed by atoms with Crippen LogP contribution in [0.15, 0.2) is 42.5 Å². The zero-order valence-electron chi connectivity index (χ0n) is 16.8. The first-order valence-electron chi connectivity index (χ1n) is 9.44. The molecule has 0 bridgehead atoms. The molecule has 2 aromatic carbocycles. The van der Waals surface area contributed by atoms with E-state index in [-0.39, 0.29) is 12.5 Å². The molecule has 0 unspecified atom stereocenters. The fraction of sp³-hybridized carbons (Fsp3) is 0.381. The third kappa shape index (κ3) is 5.00. The van der Waals surface area contributed by atoms with Gasteiger partial charge >= 0.3 is 0 Å². The fourth-order valence-corrected chi connectivity index (χ4v) is 4.23. The van der Waals surface area contributed by atoms with E-state index in [0.29, 0.717) is 18.0 Å². The average molecular weight is 419 g/mol. The number of rotatable bonds is 7. The summed E-state index contributed by atoms with van der Waals surface area (Å²) >= 11 is 0. The molecule has 8 heteroatoms. The van der Waals surface area contributed by atoms with Crippen molar-refractivity contribution in [2.75, 3.05) is 30.8 Å². The summed E-state index contributed by atoms with van der Waals surface area (Å²) in [6.45, 7) is 2.28. The van der Waals surface area contributed by atoms with Crippen LogP contribution in [0.5, 0.6) is 11.5 Å². The molecule has 0 fully saturated rings. The summed E-state index contributed by atoms with van der Waals surface area (Å²) in [5, 5.41) is 2.85. The molecule has 1 atom stereocenters. The Bertz CT molecular complexity index is 990. The number of hydrogen-bond donors (Lipinski definition) is 1. The Hall–Kier alpha value is -2.74. The zero-order chi connectivity index (χ0) is 21.0. The van der Waals surface area contributed by atoms with Gasteiger partial charge in [-0.2, -0.15) is 0 Å². The Morgan fingerprint density at radius 1 is 1.28 bits per heavy atom. The van der Waals surface area contributed by atoms with Crippen molar-refractivity contribution >= 4 is 21.6 Å². The van der Waals surface area contributed by atoms with Gasteiger partial charge in [-0.15, -0.1) is 0 Å². The lowest BCUT2D eigenvalue weighted by atomic mass is 10.1. The van der Waals surface area contributed by atoms with Crippen molar-refractivity contribution in [3.05, 3.63) is 53.6 Å². The van der Waals surface area contributed by atoms with Crippen LogP contribution in [0.3, 0.4) is 0 Å². The van der Waals surface area contributed by atoms with E-state index in [9.17, 15) is 13.2 Å². The number of nitrogens with one attached hydrogen (secondary N) is 1. The number of nitrogens with zero attached hydrogens (tertiary/aromatic N) is 1. The van der Waals surface area contributed by atoms with E-state index >= 15 is 0 Å². The van der Waals surface area contributed by atoms with E-state index in [4.69, 9.17) is 9.47 Å². The molecule has 1 aliphatic rings. The van der Waals surface area contributed by atoms with Crippen LogP contribution >= 0.6 is 0 Å². The molecule has 156 valence electrons. The second-order valence-electron chi connectivity index (χ2n) is 7.08. The second kappa shape index (κ2) is 8.73. The van der Waals surface area contributed by atoms with Gasteiger partial charge in [-0.05, 0) is 49.1 Å². The number of carbonyl (C=O) groups is 1. The monoisotopic (exact) mass is 418 g/mol. The third-order valence-electron chi connectivity index (χ3n) is 4.79. The summed E-state index contributed by atoms with van der Waals surface area (Å²) in [4.78, 5) is 12.6. The lowest BCUT2D eigenvalue weighted by molar-refractivity contribution is -0.127. The van der Waals surface area contributed by atoms with Crippen LogP contribution in [0.2, 0.25) is 0 Å². The van der Waals surface area contributed by atoms with Crippen molar-refractivity contribution < 1.29 is 22.7 Å². The lowest BCUT2D eigenvalue weighted by Gasteiger charge is -2.34. The first-order chi connectivity index (χ1) is 13.8. The summed E-state index contributed by atoms with van der Waals surface area (Å²) in [5.74, 6) is 0.886. The molecule has 0 spiro atoms. The standard InChI is InChI=1S/C21H26N2O5S/c1-15-10-11-19-17(13-15)23(29(3,25)26)14-20(28-19)21(24)22-12-6-8-16-7-4-5-9-18(16)27-2/h4-5,7,9-11,13,20H,6,8,12,14H2,1-3H3,(H,22,24)/t20-/m1/s1. The zero-order valence-corrected chi connectivity index (χ0v) is 17.7. The summed E-state index contributed by atoms with van der Waals surface area (Å²) < 4.78 is 36.8. The predicted octanol–water partition coefficient (Wildman–Crippen LogP) is 2.28. The van der Waals surface area contributed by atoms with Crippen LogP contribution in [-0.2, 0) is 21.2 Å². The van der Waals surface area contributed by atoms with E-state index in [1.165, 1.54) is 4.31 Å². The maximum absolute atomic E-state index is 12.6. The number of hydrogen-bond acceptors (Lipinski definition) is 5. The minimum Gasteiger partial charge on any atom is -0.496 e. The first kappa shape index (κ1) is 21.0. The Labute approximate surface area is 171 Å². The SMILES string of the molecule is COc1ccccc1CCCNC(=O)[C@H]1CN(S(C)(=O)=O)c2cc(C)ccc2O1. The topological polar surface area (TPSA) is 84.9 Å². The molecule has 29 heavy (non-hydrogen) atoms. The highest BCUT2D eigenvalue weighted by molar-refractivity contribution is 7.92. The third-order valence-corrected chi connectivity index (χ3v) is 5.94. The molecule has 1 heterocycles. The number of sulfonamides is 1. The number of benzene rings is 2. The predicted molar refractivity (Wildman–Crippen MR) is 112 cm³/mol.